The van der Waals surface area contributed by atoms with Gasteiger partial charge < -0.3 is 11.5 Å². The van der Waals surface area contributed by atoms with E-state index in [1.54, 1.807) is 0 Å². The van der Waals surface area contributed by atoms with Crippen LogP contribution >= 0.6 is 28.3 Å². The van der Waals surface area contributed by atoms with Crippen LogP contribution in [-0.4, -0.2) is 11.5 Å². The lowest BCUT2D eigenvalue weighted by Gasteiger charge is -2.08. The number of hydrogen-bond acceptors (Lipinski definition) is 3. The summed E-state index contributed by atoms with van der Waals surface area (Å²) in [5.41, 5.74) is 12.1. The van der Waals surface area contributed by atoms with Crippen LogP contribution in [0.3, 0.4) is 0 Å². The van der Waals surface area contributed by atoms with E-state index >= 15 is 0 Å². The molecule has 1 heterocycles. The highest BCUT2D eigenvalue weighted by Crippen LogP contribution is 2.13. The Kier molecular flexibility index (Phi) is 6.24. The van der Waals surface area contributed by atoms with Gasteiger partial charge in [0.25, 0.3) is 0 Å². The molecule has 0 aliphatic rings. The summed E-state index contributed by atoms with van der Waals surface area (Å²) in [4.78, 5) is 4.23. The smallest absolute Gasteiger partial charge is 0.106 e. The quantitative estimate of drug-likeness (QED) is 0.817. The molecule has 0 radical (unpaired) electrons. The molecule has 0 aromatic carbocycles. The van der Waals surface area contributed by atoms with Gasteiger partial charge in [0, 0.05) is 6.04 Å². The summed E-state index contributed by atoms with van der Waals surface area (Å²) >= 11 is 3.28. The molecule has 0 spiro atoms. The zero-order valence-electron chi connectivity index (χ0n) is 7.11. The molecule has 74 valence electrons. The van der Waals surface area contributed by atoms with Gasteiger partial charge in [0.05, 0.1) is 5.69 Å². The number of halogens is 2. The van der Waals surface area contributed by atoms with Crippen molar-refractivity contribution in [2.45, 2.75) is 12.5 Å². The number of nitrogens with zero attached hydrogens (tertiary/aromatic N) is 1. The van der Waals surface area contributed by atoms with Gasteiger partial charge in [-0.2, -0.15) is 0 Å². The average molecular weight is 267 g/mol. The Balaban J connectivity index is 0.00000144. The Morgan fingerprint density at radius 3 is 2.69 bits per heavy atom. The van der Waals surface area contributed by atoms with Gasteiger partial charge in [-0.3, -0.25) is 0 Å². The molecular weight excluding hydrogens is 253 g/mol. The van der Waals surface area contributed by atoms with E-state index in [0.717, 1.165) is 16.7 Å². The van der Waals surface area contributed by atoms with Crippen molar-refractivity contribution >= 4 is 28.3 Å². The van der Waals surface area contributed by atoms with Crippen LogP contribution in [0.15, 0.2) is 22.8 Å². The molecule has 0 amide bonds. The van der Waals surface area contributed by atoms with Gasteiger partial charge in [0.15, 0.2) is 0 Å². The third kappa shape index (κ3) is 4.04. The molecule has 0 aliphatic heterocycles. The second kappa shape index (κ2) is 6.32. The van der Waals surface area contributed by atoms with Gasteiger partial charge in [-0.25, -0.2) is 4.98 Å². The highest BCUT2D eigenvalue weighted by molar-refractivity contribution is 9.10. The maximum atomic E-state index is 5.81. The van der Waals surface area contributed by atoms with Crippen LogP contribution in [0.4, 0.5) is 0 Å². The number of hydrogen-bond donors (Lipinski definition) is 2. The Bertz CT molecular complexity index is 257. The molecule has 0 saturated carbocycles. The molecule has 1 aromatic heterocycles. The number of pyridine rings is 1. The predicted molar refractivity (Wildman–Crippen MR) is 59.8 cm³/mol. The summed E-state index contributed by atoms with van der Waals surface area (Å²) < 4.78 is 0.812. The first-order valence-corrected chi connectivity index (χ1v) is 4.61. The Hall–Kier alpha value is -0.160. The highest BCUT2D eigenvalue weighted by Gasteiger charge is 2.05. The maximum absolute atomic E-state index is 5.81. The van der Waals surface area contributed by atoms with E-state index < -0.39 is 0 Å². The molecule has 1 rings (SSSR count). The van der Waals surface area contributed by atoms with Crippen molar-refractivity contribution in [2.75, 3.05) is 6.54 Å². The summed E-state index contributed by atoms with van der Waals surface area (Å²) in [5.74, 6) is 0. The van der Waals surface area contributed by atoms with Crippen molar-refractivity contribution < 1.29 is 0 Å². The first-order valence-electron chi connectivity index (χ1n) is 3.82. The van der Waals surface area contributed by atoms with E-state index in [1.807, 2.05) is 18.2 Å². The Morgan fingerprint density at radius 1 is 1.46 bits per heavy atom. The highest BCUT2D eigenvalue weighted by atomic mass is 79.9. The second-order valence-corrected chi connectivity index (χ2v) is 3.38. The monoisotopic (exact) mass is 265 g/mol. The van der Waals surface area contributed by atoms with Crippen LogP contribution < -0.4 is 11.5 Å². The summed E-state index contributed by atoms with van der Waals surface area (Å²) in [6, 6.07) is 5.65. The molecule has 3 nitrogen and oxygen atoms in total. The fourth-order valence-electron chi connectivity index (χ4n) is 0.958. The van der Waals surface area contributed by atoms with Gasteiger partial charge in [0.1, 0.15) is 4.60 Å². The van der Waals surface area contributed by atoms with Crippen LogP contribution in [-0.2, 0) is 0 Å². The second-order valence-electron chi connectivity index (χ2n) is 2.57. The Morgan fingerprint density at radius 2 is 2.15 bits per heavy atom. The molecule has 1 atom stereocenters. The van der Waals surface area contributed by atoms with Gasteiger partial charge in [0.2, 0.25) is 0 Å². The summed E-state index contributed by atoms with van der Waals surface area (Å²) in [7, 11) is 0. The van der Waals surface area contributed by atoms with Gasteiger partial charge in [-0.15, -0.1) is 12.4 Å². The number of rotatable bonds is 3. The fraction of sp³-hybridized carbons (Fsp3) is 0.375. The van der Waals surface area contributed by atoms with Gasteiger partial charge in [-0.05, 0) is 41.0 Å². The minimum absolute atomic E-state index is 0. The Labute approximate surface area is 92.4 Å². The largest absolute Gasteiger partial charge is 0.330 e. The molecule has 0 unspecified atom stereocenters. The number of nitrogens with two attached hydrogens (primary N) is 2. The standard InChI is InChI=1S/C8H12BrN3.ClH/c9-8-3-1-2-7(12-8)6(11)4-5-10;/h1-3,6H,4-5,10-11H2;1H/t6-;/m1./s1. The van der Waals surface area contributed by atoms with E-state index in [9.17, 15) is 0 Å². The van der Waals surface area contributed by atoms with Crippen molar-refractivity contribution in [3.8, 4) is 0 Å². The summed E-state index contributed by atoms with van der Waals surface area (Å²) in [6.07, 6.45) is 0.767. The van der Waals surface area contributed by atoms with Crippen molar-refractivity contribution in [2.24, 2.45) is 11.5 Å². The topological polar surface area (TPSA) is 64.9 Å². The zero-order chi connectivity index (χ0) is 8.97. The van der Waals surface area contributed by atoms with Gasteiger partial charge in [-0.1, -0.05) is 6.07 Å². The lowest BCUT2D eigenvalue weighted by atomic mass is 10.1. The van der Waals surface area contributed by atoms with E-state index in [0.29, 0.717) is 6.54 Å². The van der Waals surface area contributed by atoms with Gasteiger partial charge >= 0.3 is 0 Å². The summed E-state index contributed by atoms with van der Waals surface area (Å²) in [5, 5.41) is 0. The zero-order valence-corrected chi connectivity index (χ0v) is 9.51. The SMILES string of the molecule is Cl.NCC[C@@H](N)c1cccc(Br)n1. The van der Waals surface area contributed by atoms with Crippen LogP contribution in [0.1, 0.15) is 18.2 Å². The van der Waals surface area contributed by atoms with Crippen molar-refractivity contribution in [3.05, 3.63) is 28.5 Å². The van der Waals surface area contributed by atoms with Crippen molar-refractivity contribution in [1.82, 2.24) is 4.98 Å². The fourth-order valence-corrected chi connectivity index (χ4v) is 1.32. The minimum atomic E-state index is -0.0486. The minimum Gasteiger partial charge on any atom is -0.330 e. The number of aromatic nitrogens is 1. The van der Waals surface area contributed by atoms with E-state index in [1.165, 1.54) is 0 Å². The molecule has 0 saturated heterocycles. The molecule has 0 fully saturated rings. The lowest BCUT2D eigenvalue weighted by molar-refractivity contribution is 0.641. The molecule has 1 aromatic rings. The molecule has 5 heteroatoms. The van der Waals surface area contributed by atoms with Crippen LogP contribution in [0.25, 0.3) is 0 Å². The van der Waals surface area contributed by atoms with Crippen molar-refractivity contribution in [3.63, 3.8) is 0 Å². The normalized spacial score (nSPS) is 11.9. The molecule has 0 aliphatic carbocycles. The summed E-state index contributed by atoms with van der Waals surface area (Å²) in [6.45, 7) is 0.593. The third-order valence-corrected chi connectivity index (χ3v) is 2.04. The maximum Gasteiger partial charge on any atom is 0.106 e. The van der Waals surface area contributed by atoms with E-state index in [4.69, 9.17) is 11.5 Å². The van der Waals surface area contributed by atoms with Crippen LogP contribution in [0.5, 0.6) is 0 Å². The lowest BCUT2D eigenvalue weighted by Crippen LogP contribution is -2.16. The molecule has 0 bridgehead atoms. The predicted octanol–water partition coefficient (Wildman–Crippen LogP) is 1.61. The van der Waals surface area contributed by atoms with Crippen molar-refractivity contribution in [1.29, 1.82) is 0 Å². The van der Waals surface area contributed by atoms with Crippen LogP contribution in [0, 0.1) is 0 Å². The van der Waals surface area contributed by atoms with Crippen LogP contribution in [0.2, 0.25) is 0 Å². The molecule has 13 heavy (non-hydrogen) atoms. The molecule has 4 N–H and O–H groups in total. The van der Waals surface area contributed by atoms with E-state index in [2.05, 4.69) is 20.9 Å². The average Bonchev–Trinajstić information content (AvgIpc) is 2.05. The first kappa shape index (κ1) is 12.8. The third-order valence-electron chi connectivity index (χ3n) is 1.59. The molecular formula is C8H13BrClN3. The first-order chi connectivity index (χ1) is 5.74. The van der Waals surface area contributed by atoms with E-state index in [-0.39, 0.29) is 18.4 Å².